The van der Waals surface area contributed by atoms with E-state index in [1.165, 1.54) is 36.4 Å². The Kier molecular flexibility index (Phi) is 7.07. The zero-order chi connectivity index (χ0) is 28.4. The van der Waals surface area contributed by atoms with Crippen molar-refractivity contribution in [3.05, 3.63) is 128 Å². The third-order valence-electron chi connectivity index (χ3n) is 6.77. The van der Waals surface area contributed by atoms with Gasteiger partial charge in [-0.2, -0.15) is 0 Å². The van der Waals surface area contributed by atoms with Gasteiger partial charge < -0.3 is 15.5 Å². The molecule has 1 amide bonds. The number of aromatic nitrogens is 1. The first-order chi connectivity index (χ1) is 19.2. The third kappa shape index (κ3) is 5.14. The number of nitro groups is 1. The van der Waals surface area contributed by atoms with Crippen molar-refractivity contribution in [2.24, 2.45) is 0 Å². The number of ketones is 2. The van der Waals surface area contributed by atoms with E-state index in [9.17, 15) is 34.7 Å². The van der Waals surface area contributed by atoms with E-state index in [-0.39, 0.29) is 39.3 Å². The number of amides is 1. The number of aromatic hydroxyl groups is 2. The van der Waals surface area contributed by atoms with Crippen LogP contribution >= 0.6 is 0 Å². The predicted molar refractivity (Wildman–Crippen MR) is 143 cm³/mol. The van der Waals surface area contributed by atoms with Crippen molar-refractivity contribution in [1.82, 2.24) is 5.32 Å². The van der Waals surface area contributed by atoms with Crippen molar-refractivity contribution in [1.29, 1.82) is 0 Å². The average molecular weight is 539 g/mol. The van der Waals surface area contributed by atoms with Crippen LogP contribution in [0.2, 0.25) is 0 Å². The second-order valence-corrected chi connectivity index (χ2v) is 9.44. The molecule has 1 aromatic heterocycles. The van der Waals surface area contributed by atoms with Crippen LogP contribution in [0.1, 0.15) is 59.7 Å². The van der Waals surface area contributed by atoms with Gasteiger partial charge in [0.1, 0.15) is 11.5 Å². The molecule has 4 aromatic rings. The van der Waals surface area contributed by atoms with Crippen LogP contribution in [0.5, 0.6) is 11.5 Å². The molecule has 5 rings (SSSR count). The van der Waals surface area contributed by atoms with Gasteiger partial charge >= 0.3 is 0 Å². The molecule has 0 radical (unpaired) electrons. The van der Waals surface area contributed by atoms with Gasteiger partial charge in [-0.15, -0.1) is 0 Å². The minimum Gasteiger partial charge on any atom is -0.507 e. The lowest BCUT2D eigenvalue weighted by Gasteiger charge is -2.20. The van der Waals surface area contributed by atoms with Gasteiger partial charge in [-0.1, -0.05) is 12.1 Å². The zero-order valence-corrected chi connectivity index (χ0v) is 21.2. The number of nitrogens with zero attached hydrogens (tertiary/aromatic N) is 2. The number of nitrogens with one attached hydrogen (secondary N) is 1. The summed E-state index contributed by atoms with van der Waals surface area (Å²) in [4.78, 5) is 49.0. The van der Waals surface area contributed by atoms with Crippen LogP contribution in [-0.4, -0.2) is 39.2 Å². The van der Waals surface area contributed by atoms with E-state index in [2.05, 4.69) is 5.32 Å². The summed E-state index contributed by atoms with van der Waals surface area (Å²) in [7, 11) is 0. The third-order valence-corrected chi connectivity index (χ3v) is 6.77. The summed E-state index contributed by atoms with van der Waals surface area (Å²) in [5.74, 6) is -2.57. The quantitative estimate of drug-likeness (QED) is 0.118. The lowest BCUT2D eigenvalue weighted by Crippen LogP contribution is -2.33. The summed E-state index contributed by atoms with van der Waals surface area (Å²) < 4.78 is 1.96. The predicted octanol–water partition coefficient (Wildman–Crippen LogP) is 3.48. The fourth-order valence-electron chi connectivity index (χ4n) is 4.70. The number of carbonyl (C=O) groups excluding carboxylic acids is 3. The first-order valence-corrected chi connectivity index (χ1v) is 12.5. The smallest absolute Gasteiger partial charge is 0.269 e. The van der Waals surface area contributed by atoms with Crippen LogP contribution in [0.15, 0.2) is 79.1 Å². The molecule has 3 N–H and O–H groups in total. The summed E-state index contributed by atoms with van der Waals surface area (Å²) in [5, 5.41) is 34.1. The molecule has 10 nitrogen and oxygen atoms in total. The van der Waals surface area contributed by atoms with E-state index in [1.807, 2.05) is 29.1 Å². The van der Waals surface area contributed by atoms with E-state index in [0.717, 1.165) is 17.2 Å². The Labute approximate surface area is 228 Å². The van der Waals surface area contributed by atoms with Gasteiger partial charge in [-0.05, 0) is 48.7 Å². The fraction of sp³-hybridized carbons (Fsp3) is 0.133. The Morgan fingerprint density at radius 1 is 0.850 bits per heavy atom. The van der Waals surface area contributed by atoms with E-state index in [0.29, 0.717) is 25.9 Å². The number of rotatable bonds is 8. The molecule has 0 saturated carbocycles. The number of fused-ring (bicyclic) bond motifs is 2. The number of aryl methyl sites for hydroxylation is 1. The fourth-order valence-corrected chi connectivity index (χ4v) is 4.70. The highest BCUT2D eigenvalue weighted by atomic mass is 16.6. The SMILES string of the molecule is O=C(NCCCc1cc[n+](Cc2ccc([N+](=O)[O-])cc2)cc1)c1cc(O)c2c(c1)C(=O)c1cccc(O)c1C2=O. The molecule has 200 valence electrons. The summed E-state index contributed by atoms with van der Waals surface area (Å²) in [6.45, 7) is 0.917. The highest BCUT2D eigenvalue weighted by Crippen LogP contribution is 2.37. The molecule has 1 aliphatic rings. The van der Waals surface area contributed by atoms with Crippen LogP contribution in [-0.2, 0) is 13.0 Å². The number of phenolic OH excluding ortho intramolecular Hbond substituents is 2. The molecule has 0 unspecified atom stereocenters. The van der Waals surface area contributed by atoms with Crippen molar-refractivity contribution in [2.75, 3.05) is 6.54 Å². The van der Waals surface area contributed by atoms with Gasteiger partial charge in [0.25, 0.3) is 11.6 Å². The summed E-state index contributed by atoms with van der Waals surface area (Å²) in [6.07, 6.45) is 5.17. The number of benzene rings is 3. The van der Waals surface area contributed by atoms with E-state index in [4.69, 9.17) is 0 Å². The van der Waals surface area contributed by atoms with Crippen LogP contribution in [0, 0.1) is 10.1 Å². The van der Waals surface area contributed by atoms with Gasteiger partial charge in [0.05, 0.1) is 16.1 Å². The van der Waals surface area contributed by atoms with Crippen molar-refractivity contribution in [3.8, 4) is 11.5 Å². The van der Waals surface area contributed by atoms with Gasteiger partial charge in [-0.25, -0.2) is 4.57 Å². The lowest BCUT2D eigenvalue weighted by atomic mass is 9.82. The molecule has 0 bridgehead atoms. The lowest BCUT2D eigenvalue weighted by molar-refractivity contribution is -0.688. The molecule has 3 aromatic carbocycles. The maximum Gasteiger partial charge on any atom is 0.269 e. The normalized spacial score (nSPS) is 12.0. The topological polar surface area (TPSA) is 151 Å². The number of nitro benzene ring substituents is 1. The molecule has 0 saturated heterocycles. The Bertz CT molecular complexity index is 1660. The summed E-state index contributed by atoms with van der Waals surface area (Å²) >= 11 is 0. The molecule has 0 fully saturated rings. The summed E-state index contributed by atoms with van der Waals surface area (Å²) in [6, 6.07) is 16.9. The first-order valence-electron chi connectivity index (χ1n) is 12.5. The first kappa shape index (κ1) is 26.2. The number of hydrogen-bond donors (Lipinski definition) is 3. The maximum atomic E-state index is 13.0. The van der Waals surface area contributed by atoms with E-state index < -0.39 is 28.1 Å². The average Bonchev–Trinajstić information content (AvgIpc) is 2.94. The molecular weight excluding hydrogens is 514 g/mol. The van der Waals surface area contributed by atoms with Crippen LogP contribution in [0.25, 0.3) is 0 Å². The van der Waals surface area contributed by atoms with Crippen LogP contribution < -0.4 is 9.88 Å². The standard InChI is InChI=1S/C30H23N3O7/c34-24-5-1-4-22-26(24)29(37)27-23(28(22)36)15-20(16-25(27)35)30(38)31-12-2-3-18-10-13-32(14-11-18)17-19-6-8-21(9-7-19)33(39)40/h1,4-11,13-16H,2-3,12,17H2,(H2-,31,34,35,37,38)/p+1. The molecule has 0 atom stereocenters. The molecule has 40 heavy (non-hydrogen) atoms. The van der Waals surface area contributed by atoms with Gasteiger partial charge in [-0.3, -0.25) is 24.5 Å². The molecule has 10 heteroatoms. The molecule has 0 aliphatic heterocycles. The maximum absolute atomic E-state index is 13.0. The number of non-ortho nitro benzene ring substituents is 1. The van der Waals surface area contributed by atoms with Crippen molar-refractivity contribution in [3.63, 3.8) is 0 Å². The molecule has 1 heterocycles. The number of phenols is 2. The molecule has 0 spiro atoms. The van der Waals surface area contributed by atoms with E-state index in [1.54, 1.807) is 12.1 Å². The monoisotopic (exact) mass is 538 g/mol. The zero-order valence-electron chi connectivity index (χ0n) is 21.2. The van der Waals surface area contributed by atoms with Crippen molar-refractivity contribution < 1.29 is 34.1 Å². The van der Waals surface area contributed by atoms with E-state index >= 15 is 0 Å². The Morgan fingerprint density at radius 3 is 2.25 bits per heavy atom. The van der Waals surface area contributed by atoms with Crippen molar-refractivity contribution >= 4 is 23.2 Å². The summed E-state index contributed by atoms with van der Waals surface area (Å²) in [5.41, 5.74) is 1.64. The Hall–Kier alpha value is -5.38. The minimum atomic E-state index is -0.677. The number of carbonyl (C=O) groups is 3. The van der Waals surface area contributed by atoms with Gasteiger partial charge in [0.2, 0.25) is 5.78 Å². The largest absolute Gasteiger partial charge is 0.507 e. The van der Waals surface area contributed by atoms with Crippen molar-refractivity contribution in [2.45, 2.75) is 19.4 Å². The van der Waals surface area contributed by atoms with Crippen LogP contribution in [0.4, 0.5) is 5.69 Å². The Balaban J connectivity index is 1.17. The highest BCUT2D eigenvalue weighted by molar-refractivity contribution is 6.30. The van der Waals surface area contributed by atoms with Gasteiger partial charge in [0, 0.05) is 53.1 Å². The molecule has 1 aliphatic carbocycles. The second kappa shape index (κ2) is 10.8. The van der Waals surface area contributed by atoms with Crippen LogP contribution in [0.3, 0.4) is 0 Å². The highest BCUT2D eigenvalue weighted by Gasteiger charge is 2.35. The molecular formula is C30H24N3O7+. The number of hydrogen-bond acceptors (Lipinski definition) is 7. The second-order valence-electron chi connectivity index (χ2n) is 9.44. The number of pyridine rings is 1. The Morgan fingerprint density at radius 2 is 1.55 bits per heavy atom. The minimum absolute atomic E-state index is 0.0198. The van der Waals surface area contributed by atoms with Gasteiger partial charge in [0.15, 0.2) is 24.7 Å².